The minimum absolute atomic E-state index is 0.0726. The lowest BCUT2D eigenvalue weighted by Crippen LogP contribution is -2.17. The Kier molecular flexibility index (Phi) is 4.86. The summed E-state index contributed by atoms with van der Waals surface area (Å²) in [7, 11) is 0. The molecule has 0 unspecified atom stereocenters. The molecule has 0 fully saturated rings. The maximum atomic E-state index is 13.1. The molecular formula is C20H26ClOP. The number of hydrogen-bond donors (Lipinski definition) is 0. The highest BCUT2D eigenvalue weighted by atomic mass is 35.7. The van der Waals surface area contributed by atoms with Gasteiger partial charge >= 0.3 is 0 Å². The van der Waals surface area contributed by atoms with Crippen LogP contribution in [0.5, 0.6) is 0 Å². The van der Waals surface area contributed by atoms with Crippen LogP contribution in [0.4, 0.5) is 0 Å². The zero-order valence-corrected chi connectivity index (χ0v) is 16.5. The van der Waals surface area contributed by atoms with E-state index < -0.39 is 6.49 Å². The Morgan fingerprint density at radius 2 is 0.913 bits per heavy atom. The van der Waals surface area contributed by atoms with Crippen molar-refractivity contribution in [1.29, 1.82) is 0 Å². The molecule has 0 spiro atoms. The van der Waals surface area contributed by atoms with Crippen molar-refractivity contribution in [3.8, 4) is 0 Å². The quantitative estimate of drug-likeness (QED) is 0.631. The molecule has 0 bridgehead atoms. The summed E-state index contributed by atoms with van der Waals surface area (Å²) in [5.74, 6) is 0. The van der Waals surface area contributed by atoms with Gasteiger partial charge in [0.2, 0.25) is 6.49 Å². The third-order valence-corrected chi connectivity index (χ3v) is 7.23. The van der Waals surface area contributed by atoms with Gasteiger partial charge in [0.25, 0.3) is 0 Å². The van der Waals surface area contributed by atoms with Crippen LogP contribution in [0.2, 0.25) is 0 Å². The molecule has 1 nitrogen and oxygen atoms in total. The molecule has 0 aromatic heterocycles. The summed E-state index contributed by atoms with van der Waals surface area (Å²) >= 11 is 6.48. The lowest BCUT2D eigenvalue weighted by atomic mass is 9.87. The fourth-order valence-corrected chi connectivity index (χ4v) is 4.49. The van der Waals surface area contributed by atoms with E-state index in [-0.39, 0.29) is 10.8 Å². The van der Waals surface area contributed by atoms with Crippen molar-refractivity contribution >= 4 is 28.3 Å². The standard InChI is InChI=1S/C20H26ClOP/c1-19(2,3)15-7-11-17(12-8-15)23(21,22)18-13-9-16(10-14-18)20(4,5)6/h7-14H,1-6H3. The van der Waals surface area contributed by atoms with Crippen LogP contribution < -0.4 is 10.6 Å². The molecule has 0 heterocycles. The van der Waals surface area contributed by atoms with Gasteiger partial charge in [-0.1, -0.05) is 65.8 Å². The van der Waals surface area contributed by atoms with E-state index in [4.69, 9.17) is 11.2 Å². The fraction of sp³-hybridized carbons (Fsp3) is 0.400. The van der Waals surface area contributed by atoms with Crippen molar-refractivity contribution in [2.45, 2.75) is 52.4 Å². The number of benzene rings is 2. The van der Waals surface area contributed by atoms with E-state index in [0.717, 1.165) is 0 Å². The summed E-state index contributed by atoms with van der Waals surface area (Å²) in [4.78, 5) is 0. The summed E-state index contributed by atoms with van der Waals surface area (Å²) < 4.78 is 13.1. The normalized spacial score (nSPS) is 13.2. The minimum atomic E-state index is -3.07. The van der Waals surface area contributed by atoms with E-state index in [1.54, 1.807) is 0 Å². The van der Waals surface area contributed by atoms with E-state index in [2.05, 4.69) is 41.5 Å². The predicted molar refractivity (Wildman–Crippen MR) is 103 cm³/mol. The average molecular weight is 349 g/mol. The Labute approximate surface area is 145 Å². The van der Waals surface area contributed by atoms with Crippen LogP contribution in [0, 0.1) is 0 Å². The van der Waals surface area contributed by atoms with Gasteiger partial charge in [-0.25, -0.2) is 0 Å². The van der Waals surface area contributed by atoms with Gasteiger partial charge in [-0.2, -0.15) is 0 Å². The van der Waals surface area contributed by atoms with Crippen LogP contribution >= 0.6 is 17.7 Å². The minimum Gasteiger partial charge on any atom is -0.296 e. The molecule has 0 amide bonds. The highest BCUT2D eigenvalue weighted by Gasteiger charge is 2.25. The van der Waals surface area contributed by atoms with Crippen LogP contribution in [0.15, 0.2) is 48.5 Å². The Balaban J connectivity index is 2.36. The first kappa shape index (κ1) is 18.3. The molecule has 0 saturated carbocycles. The first-order valence-corrected chi connectivity index (χ1v) is 10.6. The second-order valence-corrected chi connectivity index (χ2v) is 11.7. The van der Waals surface area contributed by atoms with Gasteiger partial charge < -0.3 is 0 Å². The second-order valence-electron chi connectivity index (χ2n) is 8.13. The third kappa shape index (κ3) is 4.08. The van der Waals surface area contributed by atoms with Gasteiger partial charge in [-0.05, 0) is 57.5 Å². The van der Waals surface area contributed by atoms with E-state index in [1.807, 2.05) is 48.5 Å². The zero-order valence-electron chi connectivity index (χ0n) is 14.9. The highest BCUT2D eigenvalue weighted by molar-refractivity contribution is 8.00. The Bertz CT molecular complexity index is 655. The van der Waals surface area contributed by atoms with Crippen molar-refractivity contribution in [1.82, 2.24) is 0 Å². The Morgan fingerprint density at radius 1 is 0.652 bits per heavy atom. The lowest BCUT2D eigenvalue weighted by molar-refractivity contribution is 0.589. The fourth-order valence-electron chi connectivity index (χ4n) is 2.46. The number of rotatable bonds is 2. The first-order chi connectivity index (χ1) is 10.4. The molecule has 23 heavy (non-hydrogen) atoms. The molecule has 2 rings (SSSR count). The molecular weight excluding hydrogens is 323 g/mol. The SMILES string of the molecule is CC(C)(C)c1ccc(P(=O)(Cl)c2ccc(C(C)(C)C)cc2)cc1. The van der Waals surface area contributed by atoms with E-state index in [1.165, 1.54) is 11.1 Å². The van der Waals surface area contributed by atoms with Gasteiger partial charge in [0, 0.05) is 10.6 Å². The van der Waals surface area contributed by atoms with Crippen molar-refractivity contribution in [2.24, 2.45) is 0 Å². The largest absolute Gasteiger partial charge is 0.296 e. The lowest BCUT2D eigenvalue weighted by Gasteiger charge is -2.21. The Morgan fingerprint density at radius 3 is 1.13 bits per heavy atom. The summed E-state index contributed by atoms with van der Waals surface area (Å²) in [5.41, 5.74) is 2.56. The van der Waals surface area contributed by atoms with E-state index in [9.17, 15) is 4.57 Å². The molecule has 0 N–H and O–H groups in total. The first-order valence-electron chi connectivity index (χ1n) is 7.94. The molecule has 2 aromatic rings. The van der Waals surface area contributed by atoms with Crippen LogP contribution in [-0.2, 0) is 15.4 Å². The molecule has 0 aliphatic heterocycles. The topological polar surface area (TPSA) is 17.1 Å². The third-order valence-electron chi connectivity index (χ3n) is 4.13. The summed E-state index contributed by atoms with van der Waals surface area (Å²) in [6.07, 6.45) is 0. The van der Waals surface area contributed by atoms with Crippen molar-refractivity contribution in [3.63, 3.8) is 0 Å². The van der Waals surface area contributed by atoms with Gasteiger partial charge in [-0.3, -0.25) is 4.57 Å². The molecule has 0 saturated heterocycles. The average Bonchev–Trinajstić information content (AvgIpc) is 2.46. The molecule has 0 aliphatic rings. The van der Waals surface area contributed by atoms with Gasteiger partial charge in [0.1, 0.15) is 0 Å². The maximum Gasteiger partial charge on any atom is 0.225 e. The molecule has 0 radical (unpaired) electrons. The second kappa shape index (κ2) is 6.11. The van der Waals surface area contributed by atoms with Gasteiger partial charge in [0.15, 0.2) is 0 Å². The summed E-state index contributed by atoms with van der Waals surface area (Å²) in [5, 5.41) is 1.38. The molecule has 124 valence electrons. The molecule has 0 atom stereocenters. The molecule has 0 aliphatic carbocycles. The monoisotopic (exact) mass is 348 g/mol. The number of halogens is 1. The predicted octanol–water partition coefficient (Wildman–Crippen LogP) is 5.75. The van der Waals surface area contributed by atoms with Crippen LogP contribution in [-0.4, -0.2) is 0 Å². The zero-order chi connectivity index (χ0) is 17.5. The maximum absolute atomic E-state index is 13.1. The van der Waals surface area contributed by atoms with E-state index >= 15 is 0 Å². The number of hydrogen-bond acceptors (Lipinski definition) is 1. The van der Waals surface area contributed by atoms with Crippen LogP contribution in [0.25, 0.3) is 0 Å². The highest BCUT2D eigenvalue weighted by Crippen LogP contribution is 2.49. The summed E-state index contributed by atoms with van der Waals surface area (Å²) in [6.45, 7) is 9.89. The molecule has 2 aromatic carbocycles. The van der Waals surface area contributed by atoms with Crippen molar-refractivity contribution < 1.29 is 4.57 Å². The van der Waals surface area contributed by atoms with Crippen molar-refractivity contribution in [2.75, 3.05) is 0 Å². The summed E-state index contributed by atoms with van der Waals surface area (Å²) in [6, 6.07) is 15.7. The van der Waals surface area contributed by atoms with Gasteiger partial charge in [0.05, 0.1) is 0 Å². The molecule has 3 heteroatoms. The smallest absolute Gasteiger partial charge is 0.225 e. The van der Waals surface area contributed by atoms with E-state index in [0.29, 0.717) is 10.6 Å². The Hall–Kier alpha value is -1.04. The van der Waals surface area contributed by atoms with Crippen LogP contribution in [0.1, 0.15) is 52.7 Å². The van der Waals surface area contributed by atoms with Gasteiger partial charge in [-0.15, -0.1) is 0 Å². The van der Waals surface area contributed by atoms with Crippen LogP contribution in [0.3, 0.4) is 0 Å². The van der Waals surface area contributed by atoms with Crippen molar-refractivity contribution in [3.05, 3.63) is 59.7 Å².